The molecule has 2 aromatic rings. The number of piperidine rings is 1. The van der Waals surface area contributed by atoms with E-state index in [2.05, 4.69) is 21.2 Å². The standard InChI is InChI=1S/C24H26F2N4O/c25-21-6-5-17(11-22(21)26)12-24(31)28-14-18-15-30(16-18)20-7-9-29(10-8-20)23-4-2-1-3-19(23)13-27/h1-6,11,18,20H,7-10,12,14-16H2,(H,28,31). The number of carbonyl (C=O) groups is 1. The zero-order valence-electron chi connectivity index (χ0n) is 17.4. The van der Waals surface area contributed by atoms with Crippen LogP contribution >= 0.6 is 0 Å². The van der Waals surface area contributed by atoms with Crippen molar-refractivity contribution in [1.82, 2.24) is 10.2 Å². The summed E-state index contributed by atoms with van der Waals surface area (Å²) in [5.41, 5.74) is 2.22. The molecule has 0 bridgehead atoms. The lowest BCUT2D eigenvalue weighted by Gasteiger charge is -2.47. The second-order valence-corrected chi connectivity index (χ2v) is 8.40. The molecule has 0 saturated carbocycles. The molecular formula is C24H26F2N4O. The molecule has 162 valence electrons. The maximum Gasteiger partial charge on any atom is 0.224 e. The first-order valence-electron chi connectivity index (χ1n) is 10.7. The van der Waals surface area contributed by atoms with Crippen LogP contribution < -0.4 is 10.2 Å². The van der Waals surface area contributed by atoms with Gasteiger partial charge in [0.05, 0.1) is 17.7 Å². The molecule has 2 saturated heterocycles. The number of carbonyl (C=O) groups excluding carboxylic acids is 1. The molecule has 2 aliphatic heterocycles. The fraction of sp³-hybridized carbons (Fsp3) is 0.417. The number of amides is 1. The van der Waals surface area contributed by atoms with Gasteiger partial charge in [0.2, 0.25) is 5.91 Å². The van der Waals surface area contributed by atoms with Crippen molar-refractivity contribution in [3.05, 3.63) is 65.2 Å². The molecule has 1 amide bonds. The molecule has 2 aliphatic rings. The number of nitrogens with one attached hydrogen (secondary N) is 1. The molecule has 0 spiro atoms. The van der Waals surface area contributed by atoms with Crippen LogP contribution in [0.3, 0.4) is 0 Å². The minimum Gasteiger partial charge on any atom is -0.370 e. The van der Waals surface area contributed by atoms with Crippen molar-refractivity contribution >= 4 is 11.6 Å². The average Bonchev–Trinajstić information content (AvgIpc) is 2.75. The monoisotopic (exact) mass is 424 g/mol. The second-order valence-electron chi connectivity index (χ2n) is 8.40. The third kappa shape index (κ3) is 5.02. The van der Waals surface area contributed by atoms with Crippen LogP contribution in [0.15, 0.2) is 42.5 Å². The Morgan fingerprint density at radius 2 is 1.84 bits per heavy atom. The van der Waals surface area contributed by atoms with Crippen LogP contribution in [0.4, 0.5) is 14.5 Å². The molecule has 7 heteroatoms. The summed E-state index contributed by atoms with van der Waals surface area (Å²) in [6.45, 7) is 4.41. The number of anilines is 1. The summed E-state index contributed by atoms with van der Waals surface area (Å²) in [5.74, 6) is -1.58. The van der Waals surface area contributed by atoms with E-state index in [0.29, 0.717) is 24.1 Å². The molecular weight excluding hydrogens is 398 g/mol. The van der Waals surface area contributed by atoms with Gasteiger partial charge in [0.1, 0.15) is 6.07 Å². The van der Waals surface area contributed by atoms with Gasteiger partial charge in [-0.1, -0.05) is 18.2 Å². The van der Waals surface area contributed by atoms with Crippen LogP contribution in [0.5, 0.6) is 0 Å². The first-order chi connectivity index (χ1) is 15.0. The van der Waals surface area contributed by atoms with Gasteiger partial charge in [0, 0.05) is 44.7 Å². The number of halogens is 2. The Hall–Kier alpha value is -2.98. The largest absolute Gasteiger partial charge is 0.370 e. The molecule has 0 radical (unpaired) electrons. The Kier molecular flexibility index (Phi) is 6.47. The summed E-state index contributed by atoms with van der Waals surface area (Å²) >= 11 is 0. The Labute approximate surface area is 181 Å². The minimum atomic E-state index is -0.929. The van der Waals surface area contributed by atoms with Crippen molar-refractivity contribution in [3.8, 4) is 6.07 Å². The lowest BCUT2D eigenvalue weighted by atomic mass is 9.92. The molecule has 31 heavy (non-hydrogen) atoms. The van der Waals surface area contributed by atoms with Crippen molar-refractivity contribution in [3.63, 3.8) is 0 Å². The van der Waals surface area contributed by atoms with Crippen LogP contribution in [0.25, 0.3) is 0 Å². The SMILES string of the molecule is N#Cc1ccccc1N1CCC(N2CC(CNC(=O)Cc3ccc(F)c(F)c3)C2)CC1. The van der Waals surface area contributed by atoms with Gasteiger partial charge in [-0.2, -0.15) is 5.26 Å². The maximum absolute atomic E-state index is 13.3. The fourth-order valence-electron chi connectivity index (χ4n) is 4.51. The summed E-state index contributed by atoms with van der Waals surface area (Å²) in [4.78, 5) is 16.9. The van der Waals surface area contributed by atoms with E-state index < -0.39 is 11.6 Å². The van der Waals surface area contributed by atoms with Gasteiger partial charge < -0.3 is 10.2 Å². The normalized spacial score (nSPS) is 17.8. The number of benzene rings is 2. The van der Waals surface area contributed by atoms with E-state index in [1.54, 1.807) is 0 Å². The van der Waals surface area contributed by atoms with Gasteiger partial charge >= 0.3 is 0 Å². The Balaban J connectivity index is 1.17. The van der Waals surface area contributed by atoms with Gasteiger partial charge in [-0.05, 0) is 42.7 Å². The number of likely N-dealkylation sites (tertiary alicyclic amines) is 1. The van der Waals surface area contributed by atoms with Crippen LogP contribution in [-0.2, 0) is 11.2 Å². The first-order valence-corrected chi connectivity index (χ1v) is 10.7. The van der Waals surface area contributed by atoms with E-state index in [9.17, 15) is 18.8 Å². The molecule has 2 heterocycles. The zero-order valence-corrected chi connectivity index (χ0v) is 17.4. The highest BCUT2D eigenvalue weighted by Crippen LogP contribution is 2.28. The average molecular weight is 424 g/mol. The fourth-order valence-corrected chi connectivity index (χ4v) is 4.51. The molecule has 2 fully saturated rings. The summed E-state index contributed by atoms with van der Waals surface area (Å²) in [7, 11) is 0. The third-order valence-electron chi connectivity index (χ3n) is 6.27. The van der Waals surface area contributed by atoms with Gasteiger partial charge in [0.15, 0.2) is 11.6 Å². The molecule has 5 nitrogen and oxygen atoms in total. The van der Waals surface area contributed by atoms with E-state index in [1.165, 1.54) is 6.07 Å². The van der Waals surface area contributed by atoms with E-state index in [1.807, 2.05) is 24.3 Å². The van der Waals surface area contributed by atoms with Gasteiger partial charge in [0.25, 0.3) is 0 Å². The number of hydrogen-bond acceptors (Lipinski definition) is 4. The molecule has 1 N–H and O–H groups in total. The first kappa shape index (κ1) is 21.3. The topological polar surface area (TPSA) is 59.4 Å². The quantitative estimate of drug-likeness (QED) is 0.774. The number of nitrogens with zero attached hydrogens (tertiary/aromatic N) is 3. The van der Waals surface area contributed by atoms with E-state index >= 15 is 0 Å². The van der Waals surface area contributed by atoms with Gasteiger partial charge in [-0.3, -0.25) is 9.69 Å². The molecule has 2 aromatic carbocycles. The molecule has 0 aromatic heterocycles. The lowest BCUT2D eigenvalue weighted by molar-refractivity contribution is -0.121. The maximum atomic E-state index is 13.3. The van der Waals surface area contributed by atoms with Crippen LogP contribution in [-0.4, -0.2) is 49.6 Å². The predicted octanol–water partition coefficient (Wildman–Crippen LogP) is 3.10. The van der Waals surface area contributed by atoms with Gasteiger partial charge in [-0.25, -0.2) is 8.78 Å². The third-order valence-corrected chi connectivity index (χ3v) is 6.27. The molecule has 0 atom stereocenters. The van der Waals surface area contributed by atoms with Crippen LogP contribution in [0.2, 0.25) is 0 Å². The highest BCUT2D eigenvalue weighted by atomic mass is 19.2. The number of hydrogen-bond donors (Lipinski definition) is 1. The highest BCUT2D eigenvalue weighted by molar-refractivity contribution is 5.78. The number of rotatable bonds is 6. The van der Waals surface area contributed by atoms with E-state index in [-0.39, 0.29) is 12.3 Å². The summed E-state index contributed by atoms with van der Waals surface area (Å²) in [6, 6.07) is 14.1. The van der Waals surface area contributed by atoms with Gasteiger partial charge in [-0.15, -0.1) is 0 Å². The Morgan fingerprint density at radius 3 is 2.55 bits per heavy atom. The van der Waals surface area contributed by atoms with Crippen molar-refractivity contribution in [2.75, 3.05) is 37.6 Å². The lowest BCUT2D eigenvalue weighted by Crippen LogP contribution is -2.57. The smallest absolute Gasteiger partial charge is 0.224 e. The predicted molar refractivity (Wildman–Crippen MR) is 115 cm³/mol. The van der Waals surface area contributed by atoms with Crippen molar-refractivity contribution in [2.45, 2.75) is 25.3 Å². The molecule has 0 aliphatic carbocycles. The summed E-state index contributed by atoms with van der Waals surface area (Å²) in [5, 5.41) is 12.2. The van der Waals surface area contributed by atoms with E-state index in [4.69, 9.17) is 0 Å². The number of para-hydroxylation sites is 1. The molecule has 4 rings (SSSR count). The zero-order chi connectivity index (χ0) is 21.8. The number of nitriles is 1. The Morgan fingerprint density at radius 1 is 1.10 bits per heavy atom. The Bertz CT molecular complexity index is 976. The van der Waals surface area contributed by atoms with E-state index in [0.717, 1.165) is 62.4 Å². The summed E-state index contributed by atoms with van der Waals surface area (Å²) in [6.07, 6.45) is 2.18. The van der Waals surface area contributed by atoms with Crippen molar-refractivity contribution in [1.29, 1.82) is 5.26 Å². The summed E-state index contributed by atoms with van der Waals surface area (Å²) < 4.78 is 26.2. The molecule has 0 unspecified atom stereocenters. The second kappa shape index (κ2) is 9.44. The van der Waals surface area contributed by atoms with Crippen molar-refractivity contribution < 1.29 is 13.6 Å². The minimum absolute atomic E-state index is 0.0519. The van der Waals surface area contributed by atoms with Crippen LogP contribution in [0.1, 0.15) is 24.0 Å². The van der Waals surface area contributed by atoms with Crippen LogP contribution in [0, 0.1) is 28.9 Å². The van der Waals surface area contributed by atoms with Crippen molar-refractivity contribution in [2.24, 2.45) is 5.92 Å². The highest BCUT2D eigenvalue weighted by Gasteiger charge is 2.34.